The highest BCUT2D eigenvalue weighted by Crippen LogP contribution is 2.30. The van der Waals surface area contributed by atoms with Gasteiger partial charge in [-0.15, -0.1) is 0 Å². The van der Waals surface area contributed by atoms with E-state index in [0.717, 1.165) is 0 Å². The molecule has 10 nitrogen and oxygen atoms in total. The number of hydrogen-bond donors (Lipinski definition) is 1. The van der Waals surface area contributed by atoms with Gasteiger partial charge in [-0.2, -0.15) is 0 Å². The number of carbonyl (C=O) groups is 4. The molecular weight excluding hydrogens is 482 g/mol. The van der Waals surface area contributed by atoms with Gasteiger partial charge in [0.15, 0.2) is 11.5 Å². The Morgan fingerprint density at radius 1 is 0.811 bits per heavy atom. The van der Waals surface area contributed by atoms with Crippen molar-refractivity contribution in [2.24, 2.45) is 17.6 Å². The topological polar surface area (TPSA) is 140 Å². The summed E-state index contributed by atoms with van der Waals surface area (Å²) in [4.78, 5) is 48.5. The Kier molecular flexibility index (Phi) is 13.7. The second kappa shape index (κ2) is 15.9. The summed E-state index contributed by atoms with van der Waals surface area (Å²) in [7, 11) is 0. The molecule has 37 heavy (non-hydrogen) atoms. The van der Waals surface area contributed by atoms with Gasteiger partial charge in [-0.3, -0.25) is 14.4 Å². The maximum Gasteiger partial charge on any atom is 0.508 e. The van der Waals surface area contributed by atoms with Gasteiger partial charge in [-0.05, 0) is 56.2 Å². The van der Waals surface area contributed by atoms with Crippen LogP contribution in [0.5, 0.6) is 11.5 Å². The molecule has 3 atom stereocenters. The molecule has 1 aromatic rings. The molecule has 0 fully saturated rings. The minimum absolute atomic E-state index is 0.0669. The van der Waals surface area contributed by atoms with Crippen LogP contribution in [0.3, 0.4) is 0 Å². The number of rotatable bonds is 14. The summed E-state index contributed by atoms with van der Waals surface area (Å²) >= 11 is 0. The van der Waals surface area contributed by atoms with Crippen molar-refractivity contribution in [3.8, 4) is 11.5 Å². The fourth-order valence-electron chi connectivity index (χ4n) is 2.96. The van der Waals surface area contributed by atoms with Crippen molar-refractivity contribution in [1.82, 2.24) is 0 Å². The van der Waals surface area contributed by atoms with E-state index in [0.29, 0.717) is 12.0 Å². The first-order chi connectivity index (χ1) is 17.3. The van der Waals surface area contributed by atoms with E-state index >= 15 is 0 Å². The van der Waals surface area contributed by atoms with Gasteiger partial charge in [0.1, 0.15) is 24.9 Å². The summed E-state index contributed by atoms with van der Waals surface area (Å²) in [5.41, 5.74) is 6.60. The summed E-state index contributed by atoms with van der Waals surface area (Å²) < 4.78 is 26.1. The highest BCUT2D eigenvalue weighted by molar-refractivity contribution is 5.77. The van der Waals surface area contributed by atoms with Crippen molar-refractivity contribution in [3.05, 3.63) is 23.8 Å². The number of carbonyl (C=O) groups excluding carboxylic acids is 4. The van der Waals surface area contributed by atoms with Crippen LogP contribution in [0.1, 0.15) is 73.3 Å². The van der Waals surface area contributed by atoms with Crippen LogP contribution in [0.25, 0.3) is 0 Å². The van der Waals surface area contributed by atoms with Crippen molar-refractivity contribution >= 4 is 24.1 Å². The molecule has 0 saturated heterocycles. The molecule has 0 saturated carbocycles. The molecular formula is C27H41NO9. The third-order valence-electron chi connectivity index (χ3n) is 4.99. The van der Waals surface area contributed by atoms with Crippen LogP contribution in [0.15, 0.2) is 18.2 Å². The molecule has 1 aromatic carbocycles. The zero-order chi connectivity index (χ0) is 28.1. The number of nitrogens with two attached hydrogens (primary N) is 1. The van der Waals surface area contributed by atoms with Crippen LogP contribution in [0, 0.1) is 11.8 Å². The highest BCUT2D eigenvalue weighted by atomic mass is 16.7. The van der Waals surface area contributed by atoms with Gasteiger partial charge in [0.2, 0.25) is 0 Å². The monoisotopic (exact) mass is 523 g/mol. The van der Waals surface area contributed by atoms with Crippen molar-refractivity contribution in [2.45, 2.75) is 92.4 Å². The van der Waals surface area contributed by atoms with Gasteiger partial charge in [-0.1, -0.05) is 40.7 Å². The zero-order valence-electron chi connectivity index (χ0n) is 22.9. The predicted octanol–water partition coefficient (Wildman–Crippen LogP) is 4.34. The molecule has 0 spiro atoms. The quantitative estimate of drug-likeness (QED) is 0.276. The summed E-state index contributed by atoms with van der Waals surface area (Å²) in [6, 6.07) is 3.61. The molecule has 1 unspecified atom stereocenters. The van der Waals surface area contributed by atoms with Gasteiger partial charge in [0.25, 0.3) is 0 Å². The lowest BCUT2D eigenvalue weighted by atomic mass is 10.1. The van der Waals surface area contributed by atoms with Crippen molar-refractivity contribution in [3.63, 3.8) is 0 Å². The van der Waals surface area contributed by atoms with E-state index in [1.54, 1.807) is 19.9 Å². The molecule has 0 heterocycles. The Balaban J connectivity index is 2.83. The number of esters is 3. The molecule has 0 aliphatic rings. The van der Waals surface area contributed by atoms with E-state index in [9.17, 15) is 19.2 Å². The normalized spacial score (nSPS) is 13.5. The maximum absolute atomic E-state index is 12.5. The van der Waals surface area contributed by atoms with E-state index in [1.165, 1.54) is 12.1 Å². The second-order valence-electron chi connectivity index (χ2n) is 9.88. The molecule has 10 heteroatoms. The van der Waals surface area contributed by atoms with Crippen LogP contribution >= 0.6 is 0 Å². The summed E-state index contributed by atoms with van der Waals surface area (Å²) in [5, 5.41) is 0. The molecule has 0 aliphatic heterocycles. The fourth-order valence-corrected chi connectivity index (χ4v) is 2.96. The summed E-state index contributed by atoms with van der Waals surface area (Å²) in [5.74, 6) is -1.27. The van der Waals surface area contributed by atoms with E-state index in [-0.39, 0.29) is 55.3 Å². The summed E-state index contributed by atoms with van der Waals surface area (Å²) in [6.07, 6.45) is -0.756. The van der Waals surface area contributed by atoms with Crippen LogP contribution < -0.4 is 15.2 Å². The van der Waals surface area contributed by atoms with E-state index in [1.807, 2.05) is 34.6 Å². The first-order valence-electron chi connectivity index (χ1n) is 12.6. The average Bonchev–Trinajstić information content (AvgIpc) is 2.78. The van der Waals surface area contributed by atoms with Crippen LogP contribution in [0.2, 0.25) is 0 Å². The van der Waals surface area contributed by atoms with Crippen molar-refractivity contribution < 1.29 is 42.9 Å². The van der Waals surface area contributed by atoms with Crippen LogP contribution in [-0.2, 0) is 35.0 Å². The predicted molar refractivity (Wildman–Crippen MR) is 136 cm³/mol. The Morgan fingerprint density at radius 2 is 1.38 bits per heavy atom. The Hall–Kier alpha value is -3.14. The van der Waals surface area contributed by atoms with Gasteiger partial charge < -0.3 is 29.4 Å². The second-order valence-corrected chi connectivity index (χ2v) is 9.88. The highest BCUT2D eigenvalue weighted by Gasteiger charge is 2.22. The van der Waals surface area contributed by atoms with Gasteiger partial charge in [0, 0.05) is 12.8 Å². The molecule has 0 aliphatic carbocycles. The van der Waals surface area contributed by atoms with Crippen LogP contribution in [-0.4, -0.2) is 48.9 Å². The fraction of sp³-hybridized carbons (Fsp3) is 0.630. The Labute approximate surface area is 219 Å². The lowest BCUT2D eigenvalue weighted by Gasteiger charge is -2.18. The number of ether oxygens (including phenoxy) is 5. The average molecular weight is 524 g/mol. The van der Waals surface area contributed by atoms with Crippen molar-refractivity contribution in [1.29, 1.82) is 0 Å². The van der Waals surface area contributed by atoms with E-state index in [4.69, 9.17) is 29.4 Å². The molecule has 0 amide bonds. The molecule has 0 aromatic heterocycles. The minimum Gasteiger partial charge on any atom is -0.458 e. The molecule has 1 rings (SSSR count). The van der Waals surface area contributed by atoms with Crippen LogP contribution in [0.4, 0.5) is 4.79 Å². The standard InChI is InChI=1S/C27H41NO9/c1-8-18(6)35-27(32)33-15-19(7)34-26(31)21(28)13-20-9-10-22(36-24(29)11-16(2)3)23(14-20)37-25(30)12-17(4)5/h9-10,14,16-19,21H,8,11-13,15,28H2,1-7H3/t18?,19-,21-/m0/s1. The molecule has 2 N–H and O–H groups in total. The smallest absolute Gasteiger partial charge is 0.458 e. The van der Waals surface area contributed by atoms with E-state index in [2.05, 4.69) is 0 Å². The SMILES string of the molecule is CCC(C)OC(=O)OC[C@H](C)OC(=O)[C@@H](N)Cc1ccc(OC(=O)CC(C)C)c(OC(=O)CC(C)C)c1. The largest absolute Gasteiger partial charge is 0.508 e. The third kappa shape index (κ3) is 13.1. The molecule has 0 bridgehead atoms. The zero-order valence-corrected chi connectivity index (χ0v) is 22.9. The first-order valence-corrected chi connectivity index (χ1v) is 12.6. The van der Waals surface area contributed by atoms with Crippen molar-refractivity contribution in [2.75, 3.05) is 6.61 Å². The lowest BCUT2D eigenvalue weighted by Crippen LogP contribution is -2.37. The van der Waals surface area contributed by atoms with E-state index < -0.39 is 36.2 Å². The Morgan fingerprint density at radius 3 is 1.92 bits per heavy atom. The number of benzene rings is 1. The molecule has 0 radical (unpaired) electrons. The maximum atomic E-state index is 12.5. The number of hydrogen-bond acceptors (Lipinski definition) is 10. The van der Waals surface area contributed by atoms with Gasteiger partial charge in [-0.25, -0.2) is 4.79 Å². The minimum atomic E-state index is -1.04. The molecule has 208 valence electrons. The Bertz CT molecular complexity index is 913. The van der Waals surface area contributed by atoms with Gasteiger partial charge >= 0.3 is 24.1 Å². The lowest BCUT2D eigenvalue weighted by molar-refractivity contribution is -0.152. The third-order valence-corrected chi connectivity index (χ3v) is 4.99. The first kappa shape index (κ1) is 31.9. The summed E-state index contributed by atoms with van der Waals surface area (Å²) in [6.45, 7) is 12.5. The van der Waals surface area contributed by atoms with Gasteiger partial charge in [0.05, 0.1) is 0 Å².